The van der Waals surface area contributed by atoms with E-state index >= 15 is 0 Å². The summed E-state index contributed by atoms with van der Waals surface area (Å²) in [6.45, 7) is 6.72. The van der Waals surface area contributed by atoms with Crippen molar-refractivity contribution in [1.82, 2.24) is 4.57 Å². The third-order valence-corrected chi connectivity index (χ3v) is 4.54. The van der Waals surface area contributed by atoms with Gasteiger partial charge in [-0.3, -0.25) is 4.79 Å². The molecule has 0 fully saturated rings. The van der Waals surface area contributed by atoms with Crippen LogP contribution in [0.4, 0.5) is 5.69 Å². The number of aromatic nitrogens is 1. The molecule has 0 aliphatic rings. The molecule has 6 nitrogen and oxygen atoms in total. The Labute approximate surface area is 164 Å². The molecule has 2 aromatic carbocycles. The lowest BCUT2D eigenvalue weighted by Crippen LogP contribution is -2.07. The fourth-order valence-corrected chi connectivity index (χ4v) is 3.05. The molecular formula is C22H25N3O3. The van der Waals surface area contributed by atoms with Crippen LogP contribution in [0.2, 0.25) is 0 Å². The fraction of sp³-hybridized carbons (Fsp3) is 0.318. The predicted octanol–water partition coefficient (Wildman–Crippen LogP) is 5.57. The minimum atomic E-state index is -0.514. The van der Waals surface area contributed by atoms with Crippen LogP contribution < -0.4 is 4.74 Å². The highest BCUT2D eigenvalue weighted by Gasteiger charge is 2.16. The second-order valence-corrected chi connectivity index (χ2v) is 6.95. The van der Waals surface area contributed by atoms with E-state index in [0.29, 0.717) is 23.9 Å². The van der Waals surface area contributed by atoms with E-state index in [1.54, 1.807) is 4.57 Å². The average molecular weight is 379 g/mol. The zero-order valence-corrected chi connectivity index (χ0v) is 16.4. The molecular weight excluding hydrogens is 354 g/mol. The second-order valence-electron chi connectivity index (χ2n) is 6.95. The Kier molecular flexibility index (Phi) is 6.09. The van der Waals surface area contributed by atoms with Crippen molar-refractivity contribution in [1.29, 1.82) is 0 Å². The van der Waals surface area contributed by atoms with Gasteiger partial charge in [0.25, 0.3) is 0 Å². The number of amides is 1. The molecule has 0 aliphatic heterocycles. The first-order valence-electron chi connectivity index (χ1n) is 9.48. The molecule has 3 rings (SSSR count). The maximum absolute atomic E-state index is 12.1. The number of hydrogen-bond acceptors (Lipinski definition) is 4. The molecule has 0 radical (unpaired) electrons. The van der Waals surface area contributed by atoms with Crippen LogP contribution in [0.15, 0.2) is 58.8 Å². The quantitative estimate of drug-likeness (QED) is 0.545. The normalized spacial score (nSPS) is 11.6. The molecule has 1 heterocycles. The van der Waals surface area contributed by atoms with Crippen molar-refractivity contribution >= 4 is 22.5 Å². The Hall–Kier alpha value is -3.15. The minimum Gasteiger partial charge on any atom is -0.493 e. The van der Waals surface area contributed by atoms with Gasteiger partial charge in [0.2, 0.25) is 5.88 Å². The van der Waals surface area contributed by atoms with Crippen LogP contribution in [0.3, 0.4) is 0 Å². The Bertz CT molecular complexity index is 988. The van der Waals surface area contributed by atoms with Crippen LogP contribution in [-0.2, 0) is 11.3 Å². The molecule has 0 bridgehead atoms. The summed E-state index contributed by atoms with van der Waals surface area (Å²) in [5, 5.41) is 19.0. The number of hydrogen-bond donors (Lipinski definition) is 1. The highest BCUT2D eigenvalue weighted by atomic mass is 16.5. The van der Waals surface area contributed by atoms with Crippen molar-refractivity contribution in [2.75, 3.05) is 6.61 Å². The van der Waals surface area contributed by atoms with Crippen molar-refractivity contribution in [2.45, 2.75) is 39.7 Å². The lowest BCUT2D eigenvalue weighted by atomic mass is 10.0. The largest absolute Gasteiger partial charge is 0.493 e. The molecule has 28 heavy (non-hydrogen) atoms. The Morgan fingerprint density at radius 1 is 1.14 bits per heavy atom. The minimum absolute atomic E-state index is 0.0183. The molecule has 0 saturated heterocycles. The molecule has 0 saturated carbocycles. The number of rotatable bonds is 7. The Morgan fingerprint density at radius 3 is 2.54 bits per heavy atom. The fourth-order valence-electron chi connectivity index (χ4n) is 3.05. The maximum Gasteiger partial charge on any atom is 0.302 e. The van der Waals surface area contributed by atoms with E-state index in [1.807, 2.05) is 55.5 Å². The first kappa shape index (κ1) is 19.6. The van der Waals surface area contributed by atoms with Gasteiger partial charge >= 0.3 is 5.91 Å². The number of aryl methyl sites for hydroxylation is 1. The van der Waals surface area contributed by atoms with Crippen LogP contribution in [0.5, 0.6) is 11.6 Å². The monoisotopic (exact) mass is 379 g/mol. The van der Waals surface area contributed by atoms with Crippen LogP contribution in [0, 0.1) is 0 Å². The first-order valence-corrected chi connectivity index (χ1v) is 9.48. The van der Waals surface area contributed by atoms with E-state index in [4.69, 9.17) is 4.74 Å². The third-order valence-electron chi connectivity index (χ3n) is 4.54. The number of aromatic hydroxyl groups is 1. The standard InChI is InChI=1S/C22H25N3O3/c1-4-13-25-19-8-6-5-7-18(19)21(22(25)27)24-23-20(26)14-28-17-11-9-16(10-12-17)15(2)3/h5-12,15,27H,4,13-14H2,1-3H3. The summed E-state index contributed by atoms with van der Waals surface area (Å²) in [7, 11) is 0. The summed E-state index contributed by atoms with van der Waals surface area (Å²) < 4.78 is 7.26. The Morgan fingerprint density at radius 2 is 1.86 bits per heavy atom. The van der Waals surface area contributed by atoms with Gasteiger partial charge in [-0.1, -0.05) is 51.1 Å². The van der Waals surface area contributed by atoms with Crippen LogP contribution >= 0.6 is 0 Å². The summed E-state index contributed by atoms with van der Waals surface area (Å²) in [4.78, 5) is 12.1. The van der Waals surface area contributed by atoms with Gasteiger partial charge in [0, 0.05) is 11.9 Å². The second kappa shape index (κ2) is 8.69. The highest BCUT2D eigenvalue weighted by Crippen LogP contribution is 2.38. The number of benzene rings is 2. The van der Waals surface area contributed by atoms with Gasteiger partial charge in [0.1, 0.15) is 5.75 Å². The van der Waals surface area contributed by atoms with Crippen molar-refractivity contribution < 1.29 is 14.6 Å². The molecule has 6 heteroatoms. The van der Waals surface area contributed by atoms with E-state index in [9.17, 15) is 9.90 Å². The van der Waals surface area contributed by atoms with Crippen molar-refractivity contribution in [3.05, 3.63) is 54.1 Å². The highest BCUT2D eigenvalue weighted by molar-refractivity contribution is 5.95. The lowest BCUT2D eigenvalue weighted by molar-refractivity contribution is -0.120. The van der Waals surface area contributed by atoms with E-state index in [2.05, 4.69) is 24.1 Å². The first-order chi connectivity index (χ1) is 13.5. The van der Waals surface area contributed by atoms with Gasteiger partial charge in [0.15, 0.2) is 12.3 Å². The molecule has 3 aromatic rings. The summed E-state index contributed by atoms with van der Waals surface area (Å²) in [5.74, 6) is 0.548. The molecule has 0 atom stereocenters. The average Bonchev–Trinajstić information content (AvgIpc) is 2.97. The van der Waals surface area contributed by atoms with Gasteiger partial charge in [-0.25, -0.2) is 0 Å². The van der Waals surface area contributed by atoms with Crippen LogP contribution in [-0.4, -0.2) is 22.2 Å². The smallest absolute Gasteiger partial charge is 0.302 e. The number of nitrogens with zero attached hydrogens (tertiary/aromatic N) is 3. The van der Waals surface area contributed by atoms with E-state index in [-0.39, 0.29) is 12.5 Å². The number of fused-ring (bicyclic) bond motifs is 1. The zero-order chi connectivity index (χ0) is 20.1. The summed E-state index contributed by atoms with van der Waals surface area (Å²) in [6, 6.07) is 15.2. The van der Waals surface area contributed by atoms with Crippen molar-refractivity contribution in [2.24, 2.45) is 10.2 Å². The lowest BCUT2D eigenvalue weighted by Gasteiger charge is -2.07. The number of carbonyl (C=O) groups excluding carboxylic acids is 1. The van der Waals surface area contributed by atoms with E-state index in [0.717, 1.165) is 17.3 Å². The molecule has 0 unspecified atom stereocenters. The van der Waals surface area contributed by atoms with Crippen molar-refractivity contribution in [3.8, 4) is 11.6 Å². The summed E-state index contributed by atoms with van der Waals surface area (Å²) in [6.07, 6.45) is 0.866. The van der Waals surface area contributed by atoms with Gasteiger partial charge in [-0.2, -0.15) is 0 Å². The summed E-state index contributed by atoms with van der Waals surface area (Å²) >= 11 is 0. The van der Waals surface area contributed by atoms with E-state index in [1.165, 1.54) is 5.56 Å². The van der Waals surface area contributed by atoms with Gasteiger partial charge in [-0.15, -0.1) is 10.2 Å². The number of carbonyl (C=O) groups is 1. The number of ether oxygens (including phenoxy) is 1. The van der Waals surface area contributed by atoms with Gasteiger partial charge < -0.3 is 14.4 Å². The molecule has 1 amide bonds. The molecule has 0 spiro atoms. The number of para-hydroxylation sites is 1. The van der Waals surface area contributed by atoms with Crippen LogP contribution in [0.25, 0.3) is 10.9 Å². The predicted molar refractivity (Wildman–Crippen MR) is 109 cm³/mol. The SMILES string of the molecule is CCCn1c(O)c(N=NC(=O)COc2ccc(C(C)C)cc2)c2ccccc21. The van der Waals surface area contributed by atoms with Gasteiger partial charge in [-0.05, 0) is 36.1 Å². The topological polar surface area (TPSA) is 76.2 Å². The molecule has 0 aliphatic carbocycles. The third kappa shape index (κ3) is 4.22. The van der Waals surface area contributed by atoms with Crippen LogP contribution in [0.1, 0.15) is 38.7 Å². The van der Waals surface area contributed by atoms with E-state index < -0.39 is 5.91 Å². The van der Waals surface area contributed by atoms with Crippen molar-refractivity contribution in [3.63, 3.8) is 0 Å². The zero-order valence-electron chi connectivity index (χ0n) is 16.4. The maximum atomic E-state index is 12.1. The number of azo groups is 1. The van der Waals surface area contributed by atoms with Gasteiger partial charge in [0.05, 0.1) is 5.52 Å². The molecule has 1 N–H and O–H groups in total. The Balaban J connectivity index is 1.71. The summed E-state index contributed by atoms with van der Waals surface area (Å²) in [5.41, 5.74) is 2.38. The molecule has 146 valence electrons. The molecule has 1 aromatic heterocycles.